The highest BCUT2D eigenvalue weighted by Gasteiger charge is 2.13. The van der Waals surface area contributed by atoms with Crippen LogP contribution in [0.25, 0.3) is 16.8 Å². The highest BCUT2D eigenvalue weighted by atomic mass is 16.5. The summed E-state index contributed by atoms with van der Waals surface area (Å²) in [5.41, 5.74) is 2.92. The molecule has 0 radical (unpaired) electrons. The molecule has 0 unspecified atom stereocenters. The van der Waals surface area contributed by atoms with Crippen LogP contribution in [0.15, 0.2) is 41.5 Å². The van der Waals surface area contributed by atoms with E-state index in [2.05, 4.69) is 39.5 Å². The van der Waals surface area contributed by atoms with E-state index in [0.29, 0.717) is 17.8 Å². The second-order valence-electron chi connectivity index (χ2n) is 7.31. The number of hydrogen-bond donors (Lipinski definition) is 1. The first-order valence-electron chi connectivity index (χ1n) is 10.3. The Bertz CT molecular complexity index is 1070. The summed E-state index contributed by atoms with van der Waals surface area (Å²) in [6.07, 6.45) is 2.43. The van der Waals surface area contributed by atoms with E-state index in [-0.39, 0.29) is 18.0 Å². The molecule has 1 N–H and O–H groups in total. The quantitative estimate of drug-likeness (QED) is 0.612. The van der Waals surface area contributed by atoms with E-state index in [9.17, 15) is 9.59 Å². The Kier molecular flexibility index (Phi) is 6.20. The SMILES string of the molecule is CCc1ccc(-c2cc3c(=O)n(CC(=O)NCCN4CCOCC4)ncn3n2)cc1. The Balaban J connectivity index is 1.42. The predicted molar refractivity (Wildman–Crippen MR) is 112 cm³/mol. The van der Waals surface area contributed by atoms with Gasteiger partial charge in [-0.15, -0.1) is 0 Å². The van der Waals surface area contributed by atoms with Crippen LogP contribution in [0.4, 0.5) is 0 Å². The topological polar surface area (TPSA) is 93.8 Å². The number of ether oxygens (including phenoxy) is 1. The van der Waals surface area contributed by atoms with Gasteiger partial charge in [-0.05, 0) is 18.1 Å². The van der Waals surface area contributed by atoms with Gasteiger partial charge in [0, 0.05) is 31.7 Å². The molecule has 1 aliphatic heterocycles. The third kappa shape index (κ3) is 4.58. The molecular formula is C21H26N6O3. The van der Waals surface area contributed by atoms with Crippen LogP contribution in [0.1, 0.15) is 12.5 Å². The maximum absolute atomic E-state index is 12.8. The number of nitrogens with zero attached hydrogens (tertiary/aromatic N) is 5. The van der Waals surface area contributed by atoms with Gasteiger partial charge in [-0.3, -0.25) is 14.5 Å². The second-order valence-corrected chi connectivity index (χ2v) is 7.31. The Morgan fingerprint density at radius 1 is 1.20 bits per heavy atom. The largest absolute Gasteiger partial charge is 0.379 e. The van der Waals surface area contributed by atoms with Gasteiger partial charge in [0.15, 0.2) is 0 Å². The maximum Gasteiger partial charge on any atom is 0.293 e. The summed E-state index contributed by atoms with van der Waals surface area (Å²) < 4.78 is 7.94. The van der Waals surface area contributed by atoms with Gasteiger partial charge in [0.1, 0.15) is 18.4 Å². The minimum atomic E-state index is -0.343. The number of aryl methyl sites for hydroxylation is 1. The molecule has 30 heavy (non-hydrogen) atoms. The van der Waals surface area contributed by atoms with Crippen LogP contribution in [0.5, 0.6) is 0 Å². The van der Waals surface area contributed by atoms with Crippen molar-refractivity contribution in [1.82, 2.24) is 29.6 Å². The molecule has 9 heteroatoms. The summed E-state index contributed by atoms with van der Waals surface area (Å²) in [7, 11) is 0. The Morgan fingerprint density at radius 3 is 2.70 bits per heavy atom. The molecule has 1 aromatic carbocycles. The van der Waals surface area contributed by atoms with Gasteiger partial charge >= 0.3 is 0 Å². The third-order valence-corrected chi connectivity index (χ3v) is 5.29. The Hall–Kier alpha value is -3.04. The monoisotopic (exact) mass is 410 g/mol. The molecule has 0 atom stereocenters. The highest BCUT2D eigenvalue weighted by Crippen LogP contribution is 2.19. The van der Waals surface area contributed by atoms with Gasteiger partial charge in [-0.1, -0.05) is 31.2 Å². The summed E-state index contributed by atoms with van der Waals surface area (Å²) in [4.78, 5) is 27.3. The van der Waals surface area contributed by atoms with Crippen molar-refractivity contribution in [3.05, 3.63) is 52.6 Å². The number of nitrogens with one attached hydrogen (secondary N) is 1. The zero-order chi connectivity index (χ0) is 20.9. The summed E-state index contributed by atoms with van der Waals surface area (Å²) in [6, 6.07) is 9.83. The standard InChI is InChI=1S/C21H26N6O3/c1-2-16-3-5-17(6-4-16)18-13-19-21(29)26(23-15-27(19)24-18)14-20(28)22-7-8-25-9-11-30-12-10-25/h3-6,13,15H,2,7-12,14H2,1H3,(H,22,28). The van der Waals surface area contributed by atoms with Gasteiger partial charge in [-0.25, -0.2) is 9.20 Å². The Morgan fingerprint density at radius 2 is 1.97 bits per heavy atom. The van der Waals surface area contributed by atoms with Gasteiger partial charge in [0.05, 0.1) is 18.9 Å². The minimum absolute atomic E-state index is 0.121. The van der Waals surface area contributed by atoms with Crippen LogP contribution in [-0.4, -0.2) is 69.6 Å². The summed E-state index contributed by atoms with van der Waals surface area (Å²) in [5.74, 6) is -0.239. The van der Waals surface area contributed by atoms with E-state index in [0.717, 1.165) is 44.8 Å². The molecule has 3 aromatic rings. The van der Waals surface area contributed by atoms with Crippen molar-refractivity contribution < 1.29 is 9.53 Å². The number of carbonyl (C=O) groups is 1. The zero-order valence-electron chi connectivity index (χ0n) is 17.1. The normalized spacial score (nSPS) is 14.8. The van der Waals surface area contributed by atoms with Crippen molar-refractivity contribution in [2.75, 3.05) is 39.4 Å². The molecule has 1 amide bonds. The lowest BCUT2D eigenvalue weighted by Crippen LogP contribution is -2.42. The zero-order valence-corrected chi connectivity index (χ0v) is 17.1. The van der Waals surface area contributed by atoms with Crippen LogP contribution in [0.3, 0.4) is 0 Å². The van der Waals surface area contributed by atoms with Crippen LogP contribution < -0.4 is 10.9 Å². The van der Waals surface area contributed by atoms with Crippen LogP contribution in [0.2, 0.25) is 0 Å². The second kappa shape index (κ2) is 9.19. The molecule has 0 bridgehead atoms. The smallest absolute Gasteiger partial charge is 0.293 e. The van der Waals surface area contributed by atoms with Gasteiger partial charge < -0.3 is 10.1 Å². The number of rotatable bonds is 7. The van der Waals surface area contributed by atoms with E-state index in [4.69, 9.17) is 4.74 Å². The number of aromatic nitrogens is 4. The number of fused-ring (bicyclic) bond motifs is 1. The maximum atomic E-state index is 12.8. The van der Waals surface area contributed by atoms with Gasteiger partial charge in [0.25, 0.3) is 5.56 Å². The molecule has 1 saturated heterocycles. The molecule has 9 nitrogen and oxygen atoms in total. The number of morpholine rings is 1. The first kappa shape index (κ1) is 20.2. The fourth-order valence-electron chi connectivity index (χ4n) is 3.47. The summed E-state index contributed by atoms with van der Waals surface area (Å²) in [5, 5.41) is 11.4. The molecule has 1 fully saturated rings. The fraction of sp³-hybridized carbons (Fsp3) is 0.429. The van der Waals surface area contributed by atoms with Crippen molar-refractivity contribution in [3.63, 3.8) is 0 Å². The van der Waals surface area contributed by atoms with Crippen molar-refractivity contribution >= 4 is 11.4 Å². The number of amides is 1. The molecule has 158 valence electrons. The summed E-state index contributed by atoms with van der Waals surface area (Å²) >= 11 is 0. The van der Waals surface area contributed by atoms with E-state index in [1.807, 2.05) is 12.1 Å². The molecule has 1 aliphatic rings. The van der Waals surface area contributed by atoms with E-state index >= 15 is 0 Å². The van der Waals surface area contributed by atoms with Crippen molar-refractivity contribution in [2.24, 2.45) is 0 Å². The van der Waals surface area contributed by atoms with Crippen molar-refractivity contribution in [1.29, 1.82) is 0 Å². The Labute approximate surface area is 174 Å². The first-order valence-corrected chi connectivity index (χ1v) is 10.3. The molecule has 0 saturated carbocycles. The summed E-state index contributed by atoms with van der Waals surface area (Å²) in [6.45, 7) is 6.47. The van der Waals surface area contributed by atoms with E-state index in [1.165, 1.54) is 21.1 Å². The number of carbonyl (C=O) groups excluding carboxylic acids is 1. The average Bonchev–Trinajstić information content (AvgIpc) is 3.22. The molecular weight excluding hydrogens is 384 g/mol. The third-order valence-electron chi connectivity index (χ3n) is 5.29. The molecule has 3 heterocycles. The van der Waals surface area contributed by atoms with Gasteiger partial charge in [0.2, 0.25) is 5.91 Å². The lowest BCUT2D eigenvalue weighted by atomic mass is 10.1. The highest BCUT2D eigenvalue weighted by molar-refractivity contribution is 5.75. The van der Waals surface area contributed by atoms with Crippen molar-refractivity contribution in [3.8, 4) is 11.3 Å². The molecule has 4 rings (SSSR count). The van der Waals surface area contributed by atoms with Gasteiger partial charge in [-0.2, -0.15) is 10.2 Å². The molecule has 2 aromatic heterocycles. The first-order chi connectivity index (χ1) is 14.6. The van der Waals surface area contributed by atoms with Crippen LogP contribution in [0, 0.1) is 0 Å². The fourth-order valence-corrected chi connectivity index (χ4v) is 3.47. The lowest BCUT2D eigenvalue weighted by Gasteiger charge is -2.26. The number of hydrogen-bond acceptors (Lipinski definition) is 6. The van der Waals surface area contributed by atoms with Crippen LogP contribution in [-0.2, 0) is 22.5 Å². The van der Waals surface area contributed by atoms with E-state index < -0.39 is 0 Å². The average molecular weight is 410 g/mol. The minimum Gasteiger partial charge on any atom is -0.379 e. The van der Waals surface area contributed by atoms with Crippen molar-refractivity contribution in [2.45, 2.75) is 19.9 Å². The lowest BCUT2D eigenvalue weighted by molar-refractivity contribution is -0.122. The number of benzene rings is 1. The van der Waals surface area contributed by atoms with E-state index in [1.54, 1.807) is 6.07 Å². The molecule has 0 aliphatic carbocycles. The van der Waals surface area contributed by atoms with Crippen LogP contribution >= 0.6 is 0 Å². The predicted octanol–water partition coefficient (Wildman–Crippen LogP) is 0.569. The molecule has 0 spiro atoms.